The second kappa shape index (κ2) is 10.2. The monoisotopic (exact) mass is 304 g/mol. The molecule has 0 saturated carbocycles. The molecule has 0 heterocycles. The van der Waals surface area contributed by atoms with E-state index in [0.717, 1.165) is 43.2 Å². The van der Waals surface area contributed by atoms with Gasteiger partial charge < -0.3 is 10.2 Å². The third kappa shape index (κ3) is 6.90. The molecule has 1 aromatic rings. The van der Waals surface area contributed by atoms with E-state index in [2.05, 4.69) is 6.92 Å². The lowest BCUT2D eigenvalue weighted by atomic mass is 10.0. The van der Waals surface area contributed by atoms with Crippen LogP contribution < -0.4 is 0 Å². The Morgan fingerprint density at radius 2 is 2.05 bits per heavy atom. The first kappa shape index (κ1) is 18.4. The predicted octanol–water partition coefficient (Wildman–Crippen LogP) is 4.81. The maximum Gasteiger partial charge on any atom is 0.306 e. The highest BCUT2D eigenvalue weighted by atomic mass is 16.4. The fourth-order valence-corrected chi connectivity index (χ4v) is 2.31. The van der Waals surface area contributed by atoms with E-state index >= 15 is 0 Å². The standard InChI is InChI=1S/C19H28O3/c1-3-4-5-13-18(20)17-12-8-11-16(14-17)10-7-6-9-15(2)19(21)22/h7-8,10-12,14-15,18,20H,3-6,9,13H2,1-2H3,(H,21,22)/t15?,18-/m0/s1. The van der Waals surface area contributed by atoms with Crippen LogP contribution in [0.3, 0.4) is 0 Å². The van der Waals surface area contributed by atoms with E-state index in [0.29, 0.717) is 6.42 Å². The number of benzene rings is 1. The van der Waals surface area contributed by atoms with Gasteiger partial charge in [-0.1, -0.05) is 63.5 Å². The summed E-state index contributed by atoms with van der Waals surface area (Å²) in [5.74, 6) is -1.05. The molecule has 1 unspecified atom stereocenters. The SMILES string of the molecule is CCCCC[C@H](O)c1cccc(C=CCCC(C)C(=O)O)c1. The topological polar surface area (TPSA) is 57.5 Å². The van der Waals surface area contributed by atoms with Crippen LogP contribution in [0.25, 0.3) is 6.08 Å². The average molecular weight is 304 g/mol. The number of rotatable bonds is 10. The van der Waals surface area contributed by atoms with Gasteiger partial charge in [0.15, 0.2) is 0 Å². The summed E-state index contributed by atoms with van der Waals surface area (Å²) < 4.78 is 0. The third-order valence-electron chi connectivity index (χ3n) is 3.87. The molecule has 2 N–H and O–H groups in total. The fourth-order valence-electron chi connectivity index (χ4n) is 2.31. The molecule has 0 bridgehead atoms. The second-order valence-corrected chi connectivity index (χ2v) is 5.90. The number of aliphatic hydroxyl groups excluding tert-OH is 1. The molecule has 0 aliphatic heterocycles. The van der Waals surface area contributed by atoms with Crippen LogP contribution in [0.1, 0.15) is 69.6 Å². The molecule has 0 radical (unpaired) electrons. The molecular formula is C19H28O3. The highest BCUT2D eigenvalue weighted by molar-refractivity contribution is 5.69. The van der Waals surface area contributed by atoms with Crippen LogP contribution in [0.15, 0.2) is 30.3 Å². The Morgan fingerprint density at radius 1 is 1.27 bits per heavy atom. The molecule has 0 fully saturated rings. The Balaban J connectivity index is 2.51. The first-order valence-electron chi connectivity index (χ1n) is 8.22. The van der Waals surface area contributed by atoms with E-state index in [1.54, 1.807) is 6.92 Å². The summed E-state index contributed by atoms with van der Waals surface area (Å²) in [6, 6.07) is 7.92. The number of carboxylic acid groups (broad SMARTS) is 1. The molecule has 0 aliphatic rings. The molecule has 3 heteroatoms. The third-order valence-corrected chi connectivity index (χ3v) is 3.87. The molecule has 0 amide bonds. The van der Waals surface area contributed by atoms with Crippen molar-refractivity contribution in [3.05, 3.63) is 41.5 Å². The Hall–Kier alpha value is -1.61. The molecule has 22 heavy (non-hydrogen) atoms. The minimum atomic E-state index is -0.745. The zero-order chi connectivity index (χ0) is 16.4. The van der Waals surface area contributed by atoms with Gasteiger partial charge in [-0.25, -0.2) is 0 Å². The van der Waals surface area contributed by atoms with Crippen LogP contribution in [-0.2, 0) is 4.79 Å². The molecule has 1 aromatic carbocycles. The van der Waals surface area contributed by atoms with Gasteiger partial charge in [0.25, 0.3) is 0 Å². The summed E-state index contributed by atoms with van der Waals surface area (Å²) in [4.78, 5) is 10.7. The van der Waals surface area contributed by atoms with Gasteiger partial charge in [-0.15, -0.1) is 0 Å². The Bertz CT molecular complexity index is 479. The first-order valence-corrected chi connectivity index (χ1v) is 8.22. The maximum atomic E-state index is 10.7. The summed E-state index contributed by atoms with van der Waals surface area (Å²) in [5, 5.41) is 19.0. The summed E-state index contributed by atoms with van der Waals surface area (Å²) in [6.45, 7) is 3.88. The Kier molecular flexibility index (Phi) is 8.53. The Morgan fingerprint density at radius 3 is 2.73 bits per heavy atom. The van der Waals surface area contributed by atoms with E-state index in [1.165, 1.54) is 0 Å². The van der Waals surface area contributed by atoms with Crippen molar-refractivity contribution in [3.8, 4) is 0 Å². The van der Waals surface area contributed by atoms with E-state index in [9.17, 15) is 9.90 Å². The number of aliphatic hydroxyl groups is 1. The van der Waals surface area contributed by atoms with Crippen LogP contribution in [0.4, 0.5) is 0 Å². The minimum absolute atomic E-state index is 0.309. The first-order chi connectivity index (χ1) is 10.5. The Labute approximate surface area is 133 Å². The van der Waals surface area contributed by atoms with Crippen molar-refractivity contribution in [2.24, 2.45) is 5.92 Å². The van der Waals surface area contributed by atoms with Crippen molar-refractivity contribution in [3.63, 3.8) is 0 Å². The number of carboxylic acids is 1. The van der Waals surface area contributed by atoms with Crippen LogP contribution in [-0.4, -0.2) is 16.2 Å². The number of carbonyl (C=O) groups is 1. The molecule has 122 valence electrons. The normalized spacial score (nSPS) is 14.1. The van der Waals surface area contributed by atoms with Gasteiger partial charge in [0.1, 0.15) is 0 Å². The lowest BCUT2D eigenvalue weighted by Crippen LogP contribution is -2.08. The van der Waals surface area contributed by atoms with Crippen molar-refractivity contribution in [2.45, 2.75) is 58.5 Å². The molecular weight excluding hydrogens is 276 g/mol. The van der Waals surface area contributed by atoms with E-state index in [1.807, 2.05) is 36.4 Å². The lowest BCUT2D eigenvalue weighted by Gasteiger charge is -2.11. The predicted molar refractivity (Wildman–Crippen MR) is 90.6 cm³/mol. The quantitative estimate of drug-likeness (QED) is 0.610. The summed E-state index contributed by atoms with van der Waals surface area (Å²) in [6.07, 6.45) is 9.15. The zero-order valence-corrected chi connectivity index (χ0v) is 13.7. The van der Waals surface area contributed by atoms with Crippen LogP contribution >= 0.6 is 0 Å². The van der Waals surface area contributed by atoms with Crippen molar-refractivity contribution < 1.29 is 15.0 Å². The van der Waals surface area contributed by atoms with E-state index < -0.39 is 12.1 Å². The summed E-state index contributed by atoms with van der Waals surface area (Å²) in [5.41, 5.74) is 2.01. The van der Waals surface area contributed by atoms with Gasteiger partial charge in [0.2, 0.25) is 0 Å². The van der Waals surface area contributed by atoms with Crippen LogP contribution in [0, 0.1) is 5.92 Å². The highest BCUT2D eigenvalue weighted by Gasteiger charge is 2.09. The number of aliphatic carboxylic acids is 1. The smallest absolute Gasteiger partial charge is 0.306 e. The molecule has 0 saturated heterocycles. The molecule has 0 aromatic heterocycles. The van der Waals surface area contributed by atoms with Gasteiger partial charge in [0.05, 0.1) is 12.0 Å². The van der Waals surface area contributed by atoms with Crippen LogP contribution in [0.5, 0.6) is 0 Å². The van der Waals surface area contributed by atoms with Crippen molar-refractivity contribution in [1.29, 1.82) is 0 Å². The molecule has 0 aliphatic carbocycles. The fraction of sp³-hybridized carbons (Fsp3) is 0.526. The molecule has 2 atom stereocenters. The number of unbranched alkanes of at least 4 members (excludes halogenated alkanes) is 2. The van der Waals surface area contributed by atoms with Crippen molar-refractivity contribution in [2.75, 3.05) is 0 Å². The largest absolute Gasteiger partial charge is 0.481 e. The van der Waals surface area contributed by atoms with Gasteiger partial charge in [-0.2, -0.15) is 0 Å². The van der Waals surface area contributed by atoms with Gasteiger partial charge in [-0.05, 0) is 36.5 Å². The number of hydrogen-bond acceptors (Lipinski definition) is 2. The number of hydrogen-bond donors (Lipinski definition) is 2. The van der Waals surface area contributed by atoms with Gasteiger partial charge in [-0.3, -0.25) is 4.79 Å². The zero-order valence-electron chi connectivity index (χ0n) is 13.7. The van der Waals surface area contributed by atoms with Crippen LogP contribution in [0.2, 0.25) is 0 Å². The van der Waals surface area contributed by atoms with Crippen molar-refractivity contribution in [1.82, 2.24) is 0 Å². The highest BCUT2D eigenvalue weighted by Crippen LogP contribution is 2.21. The second-order valence-electron chi connectivity index (χ2n) is 5.90. The maximum absolute atomic E-state index is 10.7. The lowest BCUT2D eigenvalue weighted by molar-refractivity contribution is -0.141. The molecule has 3 nitrogen and oxygen atoms in total. The van der Waals surface area contributed by atoms with E-state index in [4.69, 9.17) is 5.11 Å². The number of allylic oxidation sites excluding steroid dienone is 1. The molecule has 1 rings (SSSR count). The van der Waals surface area contributed by atoms with E-state index in [-0.39, 0.29) is 5.92 Å². The summed E-state index contributed by atoms with van der Waals surface area (Å²) in [7, 11) is 0. The molecule has 0 spiro atoms. The van der Waals surface area contributed by atoms with Gasteiger partial charge in [0, 0.05) is 0 Å². The summed E-state index contributed by atoms with van der Waals surface area (Å²) >= 11 is 0. The minimum Gasteiger partial charge on any atom is -0.481 e. The van der Waals surface area contributed by atoms with Gasteiger partial charge >= 0.3 is 5.97 Å². The van der Waals surface area contributed by atoms with Crippen molar-refractivity contribution >= 4 is 12.0 Å². The average Bonchev–Trinajstić information content (AvgIpc) is 2.51.